The predicted octanol–water partition coefficient (Wildman–Crippen LogP) is 7.35. The van der Waals surface area contributed by atoms with Crippen LogP contribution in [0, 0.1) is 0 Å². The van der Waals surface area contributed by atoms with E-state index in [1.807, 2.05) is 24.3 Å². The monoisotopic (exact) mass is 434 g/mol. The van der Waals surface area contributed by atoms with E-state index in [0.717, 1.165) is 24.2 Å². The third-order valence-electron chi connectivity index (χ3n) is 6.39. The first-order valence-electron chi connectivity index (χ1n) is 12.0. The largest absolute Gasteiger partial charge is 0.399 e. The Morgan fingerprint density at radius 3 is 1.18 bits per heavy atom. The summed E-state index contributed by atoms with van der Waals surface area (Å²) in [6.45, 7) is 2.27. The van der Waals surface area contributed by atoms with Crippen molar-refractivity contribution in [1.29, 1.82) is 0 Å². The maximum Gasteiger partial charge on any atom is 0.0314 e. The first-order chi connectivity index (χ1) is 16.1. The second kappa shape index (κ2) is 10.9. The Morgan fingerprint density at radius 1 is 0.515 bits per heavy atom. The normalized spacial score (nSPS) is 11.1. The van der Waals surface area contributed by atoms with Crippen molar-refractivity contribution < 1.29 is 0 Å². The number of nitrogens with two attached hydrogens (primary N) is 2. The van der Waals surface area contributed by atoms with Gasteiger partial charge in [0.1, 0.15) is 0 Å². The summed E-state index contributed by atoms with van der Waals surface area (Å²) in [6, 6.07) is 34.7. The third-order valence-corrected chi connectivity index (χ3v) is 6.39. The van der Waals surface area contributed by atoms with E-state index in [1.54, 1.807) is 0 Å². The molecule has 0 fully saturated rings. The molecule has 0 aliphatic rings. The van der Waals surface area contributed by atoms with E-state index in [2.05, 4.69) is 79.7 Å². The highest BCUT2D eigenvalue weighted by Crippen LogP contribution is 2.31. The quantitative estimate of drug-likeness (QED) is 0.270. The van der Waals surface area contributed by atoms with Crippen molar-refractivity contribution >= 4 is 11.4 Å². The molecule has 33 heavy (non-hydrogen) atoms. The molecule has 4 N–H and O–H groups in total. The van der Waals surface area contributed by atoms with Crippen molar-refractivity contribution in [3.05, 3.63) is 130 Å². The van der Waals surface area contributed by atoms with Crippen molar-refractivity contribution in [2.24, 2.45) is 0 Å². The Morgan fingerprint density at radius 2 is 0.848 bits per heavy atom. The molecular formula is C31H34N2. The van der Waals surface area contributed by atoms with E-state index in [9.17, 15) is 0 Å². The van der Waals surface area contributed by atoms with Gasteiger partial charge >= 0.3 is 0 Å². The van der Waals surface area contributed by atoms with Crippen LogP contribution in [0.2, 0.25) is 0 Å². The lowest BCUT2D eigenvalue weighted by Gasteiger charge is -2.19. The second-order valence-corrected chi connectivity index (χ2v) is 9.01. The number of hydrogen-bond acceptors (Lipinski definition) is 2. The molecular weight excluding hydrogens is 400 g/mol. The van der Waals surface area contributed by atoms with E-state index in [1.165, 1.54) is 52.6 Å². The van der Waals surface area contributed by atoms with Crippen LogP contribution in [0.25, 0.3) is 0 Å². The van der Waals surface area contributed by atoms with Crippen LogP contribution in [0.1, 0.15) is 65.5 Å². The number of anilines is 2. The minimum atomic E-state index is 0.432. The van der Waals surface area contributed by atoms with Gasteiger partial charge < -0.3 is 11.5 Å². The van der Waals surface area contributed by atoms with Crippen molar-refractivity contribution in [1.82, 2.24) is 0 Å². The zero-order valence-electron chi connectivity index (χ0n) is 19.5. The number of hydrogen-bond donors (Lipinski definition) is 2. The smallest absolute Gasteiger partial charge is 0.0314 e. The van der Waals surface area contributed by atoms with Crippen LogP contribution in [0.3, 0.4) is 0 Å². The fourth-order valence-corrected chi connectivity index (χ4v) is 4.41. The minimum absolute atomic E-state index is 0.432. The standard InChI is InChI=1S/C31H34N2/c1-2-3-4-31(27-13-5-23(6-14-27)21-25-9-17-29(32)18-10-25)28-15-7-24(8-16-28)22-26-11-19-30(33)20-12-26/h5-20,31H,2-4,21-22,32-33H2,1H3. The Balaban J connectivity index is 1.48. The third kappa shape index (κ3) is 6.26. The molecule has 4 rings (SSSR count). The van der Waals surface area contributed by atoms with Crippen molar-refractivity contribution in [2.45, 2.75) is 44.9 Å². The van der Waals surface area contributed by atoms with Gasteiger partial charge in [-0.2, -0.15) is 0 Å². The summed E-state index contributed by atoms with van der Waals surface area (Å²) in [5, 5.41) is 0. The van der Waals surface area contributed by atoms with Gasteiger partial charge in [-0.1, -0.05) is 92.6 Å². The molecule has 0 unspecified atom stereocenters. The molecule has 2 heteroatoms. The molecule has 0 spiro atoms. The number of benzene rings is 4. The van der Waals surface area contributed by atoms with E-state index >= 15 is 0 Å². The second-order valence-electron chi connectivity index (χ2n) is 9.01. The molecule has 0 bridgehead atoms. The van der Waals surface area contributed by atoms with Crippen LogP contribution in [-0.2, 0) is 12.8 Å². The number of nitrogen functional groups attached to an aromatic ring is 2. The van der Waals surface area contributed by atoms with Gasteiger partial charge in [-0.25, -0.2) is 0 Å². The molecule has 2 nitrogen and oxygen atoms in total. The maximum absolute atomic E-state index is 5.82. The Kier molecular flexibility index (Phi) is 7.47. The molecule has 4 aromatic rings. The van der Waals surface area contributed by atoms with E-state index in [-0.39, 0.29) is 0 Å². The lowest BCUT2D eigenvalue weighted by molar-refractivity contribution is 0.650. The van der Waals surface area contributed by atoms with Crippen LogP contribution in [0.15, 0.2) is 97.1 Å². The van der Waals surface area contributed by atoms with Gasteiger partial charge in [0.25, 0.3) is 0 Å². The molecule has 0 atom stereocenters. The van der Waals surface area contributed by atoms with Crippen LogP contribution < -0.4 is 11.5 Å². The summed E-state index contributed by atoms with van der Waals surface area (Å²) in [7, 11) is 0. The summed E-state index contributed by atoms with van der Waals surface area (Å²) in [5.74, 6) is 0.432. The van der Waals surface area contributed by atoms with E-state index in [0.29, 0.717) is 5.92 Å². The Labute approximate surface area is 198 Å². The highest BCUT2D eigenvalue weighted by atomic mass is 14.5. The molecule has 4 aromatic carbocycles. The number of unbranched alkanes of at least 4 members (excludes halogenated alkanes) is 1. The first kappa shape index (κ1) is 22.7. The average molecular weight is 435 g/mol. The summed E-state index contributed by atoms with van der Waals surface area (Å²) in [5.41, 5.74) is 21.3. The molecule has 0 saturated heterocycles. The summed E-state index contributed by atoms with van der Waals surface area (Å²) in [4.78, 5) is 0. The van der Waals surface area contributed by atoms with Crippen LogP contribution in [-0.4, -0.2) is 0 Å². The highest BCUT2D eigenvalue weighted by molar-refractivity contribution is 5.43. The molecule has 0 aromatic heterocycles. The molecule has 0 radical (unpaired) electrons. The molecule has 0 heterocycles. The van der Waals surface area contributed by atoms with Gasteiger partial charge in [-0.15, -0.1) is 0 Å². The SMILES string of the molecule is CCCCC(c1ccc(Cc2ccc(N)cc2)cc1)c1ccc(Cc2ccc(N)cc2)cc1. The van der Waals surface area contributed by atoms with Gasteiger partial charge in [-0.3, -0.25) is 0 Å². The lowest BCUT2D eigenvalue weighted by atomic mass is 9.86. The van der Waals surface area contributed by atoms with Crippen molar-refractivity contribution in [3.63, 3.8) is 0 Å². The molecule has 168 valence electrons. The summed E-state index contributed by atoms with van der Waals surface area (Å²) >= 11 is 0. The predicted molar refractivity (Wildman–Crippen MR) is 142 cm³/mol. The van der Waals surface area contributed by atoms with Crippen LogP contribution in [0.5, 0.6) is 0 Å². The molecule has 0 aliphatic carbocycles. The Hall–Kier alpha value is -3.52. The first-order valence-corrected chi connectivity index (χ1v) is 12.0. The van der Waals surface area contributed by atoms with Gasteiger partial charge in [-0.05, 0) is 76.9 Å². The fourth-order valence-electron chi connectivity index (χ4n) is 4.41. The zero-order chi connectivity index (χ0) is 23.0. The van der Waals surface area contributed by atoms with E-state index in [4.69, 9.17) is 11.5 Å². The van der Waals surface area contributed by atoms with Crippen molar-refractivity contribution in [2.75, 3.05) is 11.5 Å². The minimum Gasteiger partial charge on any atom is -0.399 e. The van der Waals surface area contributed by atoms with Gasteiger partial charge in [0, 0.05) is 17.3 Å². The number of rotatable bonds is 9. The molecule has 0 amide bonds. The summed E-state index contributed by atoms with van der Waals surface area (Å²) in [6.07, 6.45) is 5.47. The van der Waals surface area contributed by atoms with E-state index < -0.39 is 0 Å². The highest BCUT2D eigenvalue weighted by Gasteiger charge is 2.14. The fraction of sp³-hybridized carbons (Fsp3) is 0.226. The van der Waals surface area contributed by atoms with Crippen molar-refractivity contribution in [3.8, 4) is 0 Å². The Bertz CT molecular complexity index is 1030. The summed E-state index contributed by atoms with van der Waals surface area (Å²) < 4.78 is 0. The van der Waals surface area contributed by atoms with Gasteiger partial charge in [0.2, 0.25) is 0 Å². The molecule has 0 aliphatic heterocycles. The average Bonchev–Trinajstić information content (AvgIpc) is 2.84. The topological polar surface area (TPSA) is 52.0 Å². The van der Waals surface area contributed by atoms with Gasteiger partial charge in [0.05, 0.1) is 0 Å². The lowest BCUT2D eigenvalue weighted by Crippen LogP contribution is -2.02. The van der Waals surface area contributed by atoms with Crippen LogP contribution in [0.4, 0.5) is 11.4 Å². The molecule has 0 saturated carbocycles. The zero-order valence-corrected chi connectivity index (χ0v) is 19.5. The van der Waals surface area contributed by atoms with Crippen LogP contribution >= 0.6 is 0 Å². The maximum atomic E-state index is 5.82. The van der Waals surface area contributed by atoms with Gasteiger partial charge in [0.15, 0.2) is 0 Å².